The van der Waals surface area contributed by atoms with Crippen LogP contribution in [0.1, 0.15) is 16.0 Å². The van der Waals surface area contributed by atoms with Gasteiger partial charge in [-0.25, -0.2) is 0 Å². The number of rotatable bonds is 6. The lowest BCUT2D eigenvalue weighted by molar-refractivity contribution is 0.789. The Morgan fingerprint density at radius 3 is 2.64 bits per heavy atom. The molecule has 25 heavy (non-hydrogen) atoms. The number of aryl methyl sites for hydroxylation is 1. The van der Waals surface area contributed by atoms with Crippen molar-refractivity contribution >= 4 is 52.2 Å². The molecule has 0 radical (unpaired) electrons. The Bertz CT molecular complexity index is 808. The number of aromatic amines is 1. The minimum absolute atomic E-state index is 0. The molecule has 1 aromatic carbocycles. The fraction of sp³-hybridized carbons (Fsp3) is 0.316. The second kappa shape index (κ2) is 9.82. The van der Waals surface area contributed by atoms with Gasteiger partial charge in [-0.15, -0.1) is 35.3 Å². The van der Waals surface area contributed by atoms with Crippen molar-refractivity contribution in [2.75, 3.05) is 20.1 Å². The third kappa shape index (κ3) is 5.22. The van der Waals surface area contributed by atoms with Gasteiger partial charge in [-0.3, -0.25) is 4.99 Å². The fourth-order valence-corrected chi connectivity index (χ4v) is 3.65. The average Bonchev–Trinajstić information content (AvgIpc) is 3.24. The van der Waals surface area contributed by atoms with Crippen LogP contribution in [0.5, 0.6) is 0 Å². The van der Waals surface area contributed by atoms with Crippen molar-refractivity contribution in [1.29, 1.82) is 0 Å². The maximum atomic E-state index is 4.30. The molecule has 0 aliphatic heterocycles. The maximum absolute atomic E-state index is 4.30. The topological polar surface area (TPSA) is 52.2 Å². The van der Waals surface area contributed by atoms with Gasteiger partial charge >= 0.3 is 0 Å². The van der Waals surface area contributed by atoms with Crippen LogP contribution in [0.4, 0.5) is 0 Å². The van der Waals surface area contributed by atoms with Crippen molar-refractivity contribution in [3.05, 3.63) is 57.9 Å². The van der Waals surface area contributed by atoms with Crippen LogP contribution in [-0.2, 0) is 12.8 Å². The SMILES string of the molecule is CN=C(NCCc1cccs1)NCCc1c[nH]c2cccc(C)c12.I. The van der Waals surface area contributed by atoms with E-state index in [-0.39, 0.29) is 24.0 Å². The van der Waals surface area contributed by atoms with Gasteiger partial charge in [-0.2, -0.15) is 0 Å². The molecule has 3 aromatic rings. The predicted octanol–water partition coefficient (Wildman–Crippen LogP) is 4.11. The highest BCUT2D eigenvalue weighted by Gasteiger charge is 2.06. The van der Waals surface area contributed by atoms with Crippen molar-refractivity contribution in [2.45, 2.75) is 19.8 Å². The number of aliphatic imine (C=N–C) groups is 1. The third-order valence-electron chi connectivity index (χ3n) is 4.15. The summed E-state index contributed by atoms with van der Waals surface area (Å²) in [5, 5.41) is 10.2. The second-order valence-electron chi connectivity index (χ2n) is 5.82. The van der Waals surface area contributed by atoms with E-state index < -0.39 is 0 Å². The van der Waals surface area contributed by atoms with Gasteiger partial charge in [0, 0.05) is 42.1 Å². The van der Waals surface area contributed by atoms with Crippen molar-refractivity contribution in [3.63, 3.8) is 0 Å². The number of halogens is 1. The van der Waals surface area contributed by atoms with E-state index in [2.05, 4.69) is 69.4 Å². The first-order valence-corrected chi connectivity index (χ1v) is 9.18. The van der Waals surface area contributed by atoms with Crippen molar-refractivity contribution in [2.24, 2.45) is 4.99 Å². The molecule has 0 amide bonds. The Balaban J connectivity index is 0.00000225. The minimum atomic E-state index is 0. The van der Waals surface area contributed by atoms with Crippen LogP contribution in [-0.4, -0.2) is 31.1 Å². The van der Waals surface area contributed by atoms with E-state index in [1.807, 2.05) is 7.05 Å². The van der Waals surface area contributed by atoms with Gasteiger partial charge < -0.3 is 15.6 Å². The number of hydrogen-bond acceptors (Lipinski definition) is 2. The molecule has 2 heterocycles. The van der Waals surface area contributed by atoms with Crippen LogP contribution in [0.25, 0.3) is 10.9 Å². The minimum Gasteiger partial charge on any atom is -0.361 e. The highest BCUT2D eigenvalue weighted by Crippen LogP contribution is 2.22. The first-order chi connectivity index (χ1) is 11.8. The van der Waals surface area contributed by atoms with Gasteiger partial charge in [0.05, 0.1) is 0 Å². The summed E-state index contributed by atoms with van der Waals surface area (Å²) in [6.45, 7) is 3.92. The van der Waals surface area contributed by atoms with E-state index in [1.165, 1.54) is 26.9 Å². The highest BCUT2D eigenvalue weighted by molar-refractivity contribution is 14.0. The molecule has 0 fully saturated rings. The lowest BCUT2D eigenvalue weighted by Gasteiger charge is -2.11. The summed E-state index contributed by atoms with van der Waals surface area (Å²) < 4.78 is 0. The summed E-state index contributed by atoms with van der Waals surface area (Å²) in [6.07, 6.45) is 4.11. The Kier molecular flexibility index (Phi) is 7.77. The molecular formula is C19H25IN4S. The summed E-state index contributed by atoms with van der Waals surface area (Å²) in [7, 11) is 1.82. The molecule has 3 N–H and O–H groups in total. The molecule has 134 valence electrons. The van der Waals surface area contributed by atoms with Crippen LogP contribution >= 0.6 is 35.3 Å². The Labute approximate surface area is 170 Å². The van der Waals surface area contributed by atoms with Crippen molar-refractivity contribution in [3.8, 4) is 0 Å². The predicted molar refractivity (Wildman–Crippen MR) is 120 cm³/mol. The Hall–Kier alpha value is -1.54. The number of thiophene rings is 1. The normalized spacial score (nSPS) is 11.4. The zero-order valence-corrected chi connectivity index (χ0v) is 17.8. The monoisotopic (exact) mass is 468 g/mol. The second-order valence-corrected chi connectivity index (χ2v) is 6.85. The lowest BCUT2D eigenvalue weighted by atomic mass is 10.1. The van der Waals surface area contributed by atoms with Crippen molar-refractivity contribution in [1.82, 2.24) is 15.6 Å². The summed E-state index contributed by atoms with van der Waals surface area (Å²) in [5.41, 5.74) is 3.88. The first-order valence-electron chi connectivity index (χ1n) is 8.30. The number of nitrogens with one attached hydrogen (secondary N) is 3. The van der Waals surface area contributed by atoms with Crippen LogP contribution in [0.15, 0.2) is 46.9 Å². The molecule has 0 aliphatic carbocycles. The lowest BCUT2D eigenvalue weighted by Crippen LogP contribution is -2.39. The van der Waals surface area contributed by atoms with E-state index in [4.69, 9.17) is 0 Å². The quantitative estimate of drug-likeness (QED) is 0.290. The molecule has 0 spiro atoms. The number of fused-ring (bicyclic) bond motifs is 1. The maximum Gasteiger partial charge on any atom is 0.190 e. The average molecular weight is 468 g/mol. The molecule has 4 nitrogen and oxygen atoms in total. The number of nitrogens with zero attached hydrogens (tertiary/aromatic N) is 1. The molecule has 0 unspecified atom stereocenters. The Morgan fingerprint density at radius 2 is 1.92 bits per heavy atom. The van der Waals surface area contributed by atoms with E-state index in [1.54, 1.807) is 11.3 Å². The Morgan fingerprint density at radius 1 is 1.12 bits per heavy atom. The van der Waals surface area contributed by atoms with Gasteiger partial charge in [0.2, 0.25) is 0 Å². The number of aromatic nitrogens is 1. The fourth-order valence-electron chi connectivity index (χ4n) is 2.94. The molecule has 0 atom stereocenters. The van der Waals surface area contributed by atoms with Crippen LogP contribution in [0.2, 0.25) is 0 Å². The highest BCUT2D eigenvalue weighted by atomic mass is 127. The van der Waals surface area contributed by atoms with Crippen LogP contribution < -0.4 is 10.6 Å². The molecule has 6 heteroatoms. The van der Waals surface area contributed by atoms with E-state index in [0.717, 1.165) is 31.9 Å². The standard InChI is InChI=1S/C19H24N4S.HI/c1-14-5-3-7-17-18(14)15(13-23-17)8-10-21-19(20-2)22-11-9-16-6-4-12-24-16;/h3-7,12-13,23H,8-11H2,1-2H3,(H2,20,21,22);1H. The molecule has 0 aliphatic rings. The summed E-state index contributed by atoms with van der Waals surface area (Å²) >= 11 is 1.80. The zero-order valence-electron chi connectivity index (χ0n) is 14.6. The number of H-pyrrole nitrogens is 1. The van der Waals surface area contributed by atoms with E-state index in [0.29, 0.717) is 0 Å². The molecule has 0 saturated heterocycles. The van der Waals surface area contributed by atoms with Crippen molar-refractivity contribution < 1.29 is 0 Å². The van der Waals surface area contributed by atoms with Gasteiger partial charge in [0.1, 0.15) is 0 Å². The third-order valence-corrected chi connectivity index (χ3v) is 5.09. The first kappa shape index (κ1) is 19.8. The number of benzene rings is 1. The van der Waals surface area contributed by atoms with Crippen LogP contribution in [0, 0.1) is 6.92 Å². The molecule has 0 saturated carbocycles. The molecular weight excluding hydrogens is 443 g/mol. The van der Waals surface area contributed by atoms with Gasteiger partial charge in [-0.05, 0) is 48.4 Å². The van der Waals surface area contributed by atoms with E-state index in [9.17, 15) is 0 Å². The summed E-state index contributed by atoms with van der Waals surface area (Å²) in [4.78, 5) is 9.05. The molecule has 3 rings (SSSR count). The van der Waals surface area contributed by atoms with Gasteiger partial charge in [0.15, 0.2) is 5.96 Å². The largest absolute Gasteiger partial charge is 0.361 e. The smallest absolute Gasteiger partial charge is 0.190 e. The summed E-state index contributed by atoms with van der Waals surface area (Å²) in [5.74, 6) is 0.864. The van der Waals surface area contributed by atoms with Gasteiger partial charge in [0.25, 0.3) is 0 Å². The zero-order chi connectivity index (χ0) is 16.8. The number of hydrogen-bond donors (Lipinski definition) is 3. The van der Waals surface area contributed by atoms with Gasteiger partial charge in [-0.1, -0.05) is 18.2 Å². The number of guanidine groups is 1. The van der Waals surface area contributed by atoms with E-state index >= 15 is 0 Å². The van der Waals surface area contributed by atoms with Crippen LogP contribution in [0.3, 0.4) is 0 Å². The molecule has 0 bridgehead atoms. The molecule has 2 aromatic heterocycles. The summed E-state index contributed by atoms with van der Waals surface area (Å²) in [6, 6.07) is 10.6.